The second-order valence-electron chi connectivity index (χ2n) is 3.24. The quantitative estimate of drug-likeness (QED) is 0.609. The van der Waals surface area contributed by atoms with Crippen LogP contribution in [0.25, 0.3) is 0 Å². The molecule has 1 rings (SSSR count). The number of nitrogen functional groups attached to an aromatic ring is 1. The van der Waals surface area contributed by atoms with Crippen LogP contribution in [0.2, 0.25) is 0 Å². The van der Waals surface area contributed by atoms with Gasteiger partial charge in [0.15, 0.2) is 0 Å². The van der Waals surface area contributed by atoms with Crippen molar-refractivity contribution in [2.45, 2.75) is 6.61 Å². The number of carbonyl (C=O) groups excluding carboxylic acids is 1. The van der Waals surface area contributed by atoms with Crippen molar-refractivity contribution in [3.8, 4) is 0 Å². The molecule has 0 saturated carbocycles. The Hall–Kier alpha value is -1.36. The number of rotatable bonds is 5. The zero-order valence-electron chi connectivity index (χ0n) is 9.23. The lowest BCUT2D eigenvalue weighted by molar-refractivity contribution is 0.140. The Morgan fingerprint density at radius 2 is 2.12 bits per heavy atom. The van der Waals surface area contributed by atoms with Crippen molar-refractivity contribution in [2.24, 2.45) is 0 Å². The average Bonchev–Trinajstić information content (AvgIpc) is 2.29. The van der Waals surface area contributed by atoms with Gasteiger partial charge in [-0.15, -0.1) is 0 Å². The maximum absolute atomic E-state index is 11.2. The highest BCUT2D eigenvalue weighted by molar-refractivity contribution is 7.98. The molecule has 0 fully saturated rings. The van der Waals surface area contributed by atoms with Crippen molar-refractivity contribution >= 4 is 23.5 Å². The normalized spacial score (nSPS) is 9.81. The predicted molar refractivity (Wildman–Crippen MR) is 67.4 cm³/mol. The topological polar surface area (TPSA) is 64.3 Å². The molecule has 0 atom stereocenters. The highest BCUT2D eigenvalue weighted by Crippen LogP contribution is 2.06. The Morgan fingerprint density at radius 3 is 2.75 bits per heavy atom. The summed E-state index contributed by atoms with van der Waals surface area (Å²) in [5.74, 6) is 0.886. The molecule has 16 heavy (non-hydrogen) atoms. The number of thioether (sulfide) groups is 1. The smallest absolute Gasteiger partial charge is 0.407 e. The Balaban J connectivity index is 2.23. The van der Waals surface area contributed by atoms with E-state index >= 15 is 0 Å². The maximum atomic E-state index is 11.2. The first kappa shape index (κ1) is 12.7. The van der Waals surface area contributed by atoms with Crippen LogP contribution in [0.15, 0.2) is 24.3 Å². The number of hydrogen-bond acceptors (Lipinski definition) is 4. The van der Waals surface area contributed by atoms with E-state index in [9.17, 15) is 4.79 Å². The first-order valence-electron chi connectivity index (χ1n) is 4.96. The molecule has 0 heterocycles. The van der Waals surface area contributed by atoms with Crippen LogP contribution in [-0.2, 0) is 11.3 Å². The molecule has 0 aliphatic carbocycles. The third kappa shape index (κ3) is 4.93. The molecule has 0 radical (unpaired) electrons. The SMILES string of the molecule is CSCCNC(=O)OCc1ccc(N)cc1. The van der Waals surface area contributed by atoms with Crippen molar-refractivity contribution in [1.82, 2.24) is 5.32 Å². The van der Waals surface area contributed by atoms with E-state index in [1.54, 1.807) is 23.9 Å². The first-order chi connectivity index (χ1) is 7.72. The highest BCUT2D eigenvalue weighted by Gasteiger charge is 2.01. The molecular formula is C11H16N2O2S. The van der Waals surface area contributed by atoms with Gasteiger partial charge in [-0.05, 0) is 24.0 Å². The number of hydrogen-bond donors (Lipinski definition) is 2. The molecule has 0 aliphatic rings. The van der Waals surface area contributed by atoms with Crippen LogP contribution in [0.3, 0.4) is 0 Å². The first-order valence-corrected chi connectivity index (χ1v) is 6.35. The molecule has 0 saturated heterocycles. The van der Waals surface area contributed by atoms with Gasteiger partial charge in [0.2, 0.25) is 0 Å². The van der Waals surface area contributed by atoms with Crippen LogP contribution in [0.5, 0.6) is 0 Å². The van der Waals surface area contributed by atoms with Crippen molar-refractivity contribution < 1.29 is 9.53 Å². The van der Waals surface area contributed by atoms with Crippen LogP contribution >= 0.6 is 11.8 Å². The van der Waals surface area contributed by atoms with Gasteiger partial charge < -0.3 is 15.8 Å². The average molecular weight is 240 g/mol. The summed E-state index contributed by atoms with van der Waals surface area (Å²) in [6.45, 7) is 0.896. The number of anilines is 1. The molecule has 88 valence electrons. The van der Waals surface area contributed by atoms with Crippen LogP contribution < -0.4 is 11.1 Å². The molecule has 1 aromatic rings. The largest absolute Gasteiger partial charge is 0.445 e. The standard InChI is InChI=1S/C11H16N2O2S/c1-16-7-6-13-11(14)15-8-9-2-4-10(12)5-3-9/h2-5H,6-8,12H2,1H3,(H,13,14). The minimum atomic E-state index is -0.383. The van der Waals surface area contributed by atoms with Crippen molar-refractivity contribution in [2.75, 3.05) is 24.3 Å². The Labute approximate surface area is 99.5 Å². The van der Waals surface area contributed by atoms with E-state index in [2.05, 4.69) is 5.32 Å². The van der Waals surface area contributed by atoms with Crippen LogP contribution in [0.4, 0.5) is 10.5 Å². The molecule has 0 bridgehead atoms. The molecule has 1 amide bonds. The van der Waals surface area contributed by atoms with E-state index in [1.165, 1.54) is 0 Å². The lowest BCUT2D eigenvalue weighted by atomic mass is 10.2. The van der Waals surface area contributed by atoms with Gasteiger partial charge in [0, 0.05) is 18.0 Å². The summed E-state index contributed by atoms with van der Waals surface area (Å²) in [4.78, 5) is 11.2. The minimum absolute atomic E-state index is 0.269. The lowest BCUT2D eigenvalue weighted by Crippen LogP contribution is -2.26. The van der Waals surface area contributed by atoms with E-state index in [-0.39, 0.29) is 12.7 Å². The van der Waals surface area contributed by atoms with E-state index in [4.69, 9.17) is 10.5 Å². The summed E-state index contributed by atoms with van der Waals surface area (Å²) in [5.41, 5.74) is 7.17. The van der Waals surface area contributed by atoms with Gasteiger partial charge in [-0.3, -0.25) is 0 Å². The summed E-state index contributed by atoms with van der Waals surface area (Å²) in [7, 11) is 0. The number of amides is 1. The number of carbonyl (C=O) groups is 1. The Morgan fingerprint density at radius 1 is 1.44 bits per heavy atom. The molecule has 0 aliphatic heterocycles. The van der Waals surface area contributed by atoms with Gasteiger partial charge in [0.1, 0.15) is 6.61 Å². The monoisotopic (exact) mass is 240 g/mol. The van der Waals surface area contributed by atoms with Crippen LogP contribution in [0, 0.1) is 0 Å². The van der Waals surface area contributed by atoms with Gasteiger partial charge in [-0.25, -0.2) is 4.79 Å². The van der Waals surface area contributed by atoms with E-state index in [0.29, 0.717) is 12.2 Å². The molecule has 0 spiro atoms. The van der Waals surface area contributed by atoms with Gasteiger partial charge >= 0.3 is 6.09 Å². The van der Waals surface area contributed by atoms with E-state index in [1.807, 2.05) is 18.4 Å². The van der Waals surface area contributed by atoms with E-state index in [0.717, 1.165) is 11.3 Å². The van der Waals surface area contributed by atoms with Gasteiger partial charge in [-0.1, -0.05) is 12.1 Å². The zero-order valence-corrected chi connectivity index (χ0v) is 10.0. The molecule has 3 N–H and O–H groups in total. The molecule has 0 unspecified atom stereocenters. The minimum Gasteiger partial charge on any atom is -0.445 e. The van der Waals surface area contributed by atoms with Gasteiger partial charge in [-0.2, -0.15) is 11.8 Å². The second-order valence-corrected chi connectivity index (χ2v) is 4.22. The Kier molecular flexibility index (Phi) is 5.56. The second kappa shape index (κ2) is 7.00. The maximum Gasteiger partial charge on any atom is 0.407 e. The number of benzene rings is 1. The summed E-state index contributed by atoms with van der Waals surface area (Å²) >= 11 is 1.68. The van der Waals surface area contributed by atoms with Crippen molar-refractivity contribution in [3.05, 3.63) is 29.8 Å². The summed E-state index contributed by atoms with van der Waals surface area (Å²) in [5, 5.41) is 2.66. The van der Waals surface area contributed by atoms with Gasteiger partial charge in [0.25, 0.3) is 0 Å². The zero-order chi connectivity index (χ0) is 11.8. The predicted octanol–water partition coefficient (Wildman–Crippen LogP) is 1.86. The molecule has 5 heteroatoms. The summed E-state index contributed by atoms with van der Waals surface area (Å²) in [6.07, 6.45) is 1.60. The lowest BCUT2D eigenvalue weighted by Gasteiger charge is -2.06. The fourth-order valence-corrected chi connectivity index (χ4v) is 1.38. The van der Waals surface area contributed by atoms with Crippen LogP contribution in [-0.4, -0.2) is 24.6 Å². The third-order valence-electron chi connectivity index (χ3n) is 1.93. The summed E-state index contributed by atoms with van der Waals surface area (Å²) < 4.78 is 5.01. The number of nitrogens with one attached hydrogen (secondary N) is 1. The Bertz CT molecular complexity index is 327. The summed E-state index contributed by atoms with van der Waals surface area (Å²) in [6, 6.07) is 7.24. The fourth-order valence-electron chi connectivity index (χ4n) is 1.07. The number of ether oxygens (including phenoxy) is 1. The van der Waals surface area contributed by atoms with Crippen molar-refractivity contribution in [3.63, 3.8) is 0 Å². The molecule has 4 nitrogen and oxygen atoms in total. The molecule has 1 aromatic carbocycles. The number of nitrogens with two attached hydrogens (primary N) is 1. The van der Waals surface area contributed by atoms with E-state index < -0.39 is 0 Å². The van der Waals surface area contributed by atoms with Crippen molar-refractivity contribution in [1.29, 1.82) is 0 Å². The fraction of sp³-hybridized carbons (Fsp3) is 0.364. The number of alkyl carbamates (subject to hydrolysis) is 1. The third-order valence-corrected chi connectivity index (χ3v) is 2.54. The molecular weight excluding hydrogens is 224 g/mol. The molecule has 0 aromatic heterocycles. The van der Waals surface area contributed by atoms with Gasteiger partial charge in [0.05, 0.1) is 0 Å². The highest BCUT2D eigenvalue weighted by atomic mass is 32.2. The van der Waals surface area contributed by atoms with Crippen LogP contribution in [0.1, 0.15) is 5.56 Å².